The molecule has 128 valence electrons. The van der Waals surface area contributed by atoms with E-state index < -0.39 is 0 Å². The van der Waals surface area contributed by atoms with Crippen LogP contribution in [0.4, 0.5) is 11.6 Å². The number of rotatable bonds is 4. The highest BCUT2D eigenvalue weighted by Crippen LogP contribution is 2.24. The van der Waals surface area contributed by atoms with E-state index in [0.29, 0.717) is 12.4 Å². The lowest BCUT2D eigenvalue weighted by Gasteiger charge is -2.17. The summed E-state index contributed by atoms with van der Waals surface area (Å²) >= 11 is 0. The van der Waals surface area contributed by atoms with Crippen LogP contribution < -0.4 is 10.2 Å². The van der Waals surface area contributed by atoms with Gasteiger partial charge in [-0.1, -0.05) is 13.8 Å². The van der Waals surface area contributed by atoms with Gasteiger partial charge in [0.25, 0.3) is 5.91 Å². The summed E-state index contributed by atoms with van der Waals surface area (Å²) in [6, 6.07) is 3.55. The fourth-order valence-electron chi connectivity index (χ4n) is 2.99. The Kier molecular flexibility index (Phi) is 4.26. The molecule has 2 aromatic rings. The van der Waals surface area contributed by atoms with Gasteiger partial charge < -0.3 is 5.32 Å². The monoisotopic (exact) mass is 328 g/mol. The Balaban J connectivity index is 1.78. The number of carbonyl (C=O) groups excluding carboxylic acids is 1. The Morgan fingerprint density at radius 1 is 1.21 bits per heavy atom. The van der Waals surface area contributed by atoms with Crippen LogP contribution >= 0.6 is 0 Å². The molecule has 24 heavy (non-hydrogen) atoms. The first-order chi connectivity index (χ1) is 11.3. The molecule has 1 aliphatic rings. The number of carbonyl (C=O) groups is 1. The SMILES string of the molecule is Cc1cc(NC2CCN(c3cc(C)nn3C)C2=O)nc(C(C)C)n1. The van der Waals surface area contributed by atoms with Gasteiger partial charge in [0.2, 0.25) is 0 Å². The van der Waals surface area contributed by atoms with Crippen molar-refractivity contribution in [1.29, 1.82) is 0 Å². The lowest BCUT2D eigenvalue weighted by Crippen LogP contribution is -2.34. The molecule has 3 heterocycles. The van der Waals surface area contributed by atoms with Crippen LogP contribution in [0.5, 0.6) is 0 Å². The maximum Gasteiger partial charge on any atom is 0.250 e. The summed E-state index contributed by atoms with van der Waals surface area (Å²) in [7, 11) is 1.86. The van der Waals surface area contributed by atoms with E-state index in [1.807, 2.05) is 33.0 Å². The smallest absolute Gasteiger partial charge is 0.250 e. The van der Waals surface area contributed by atoms with Gasteiger partial charge in [0.1, 0.15) is 23.5 Å². The summed E-state index contributed by atoms with van der Waals surface area (Å²) in [5, 5.41) is 7.60. The van der Waals surface area contributed by atoms with Crippen molar-refractivity contribution in [2.24, 2.45) is 7.05 Å². The first kappa shape index (κ1) is 16.4. The summed E-state index contributed by atoms with van der Waals surface area (Å²) in [6.45, 7) is 8.67. The maximum atomic E-state index is 12.8. The normalized spacial score (nSPS) is 17.8. The average Bonchev–Trinajstić information content (AvgIpc) is 3.01. The molecule has 1 aliphatic heterocycles. The molecule has 0 aliphatic carbocycles. The van der Waals surface area contributed by atoms with Gasteiger partial charge in [0.15, 0.2) is 0 Å². The van der Waals surface area contributed by atoms with Gasteiger partial charge in [0.05, 0.1) is 5.69 Å². The number of anilines is 2. The fourth-order valence-corrected chi connectivity index (χ4v) is 2.99. The second-order valence-electron chi connectivity index (χ2n) is 6.65. The van der Waals surface area contributed by atoms with Gasteiger partial charge in [0, 0.05) is 37.3 Å². The number of hydrogen-bond donors (Lipinski definition) is 1. The number of aryl methyl sites for hydroxylation is 3. The van der Waals surface area contributed by atoms with Crippen LogP contribution in [0.15, 0.2) is 12.1 Å². The molecule has 0 radical (unpaired) electrons. The Labute approximate surface area is 142 Å². The van der Waals surface area contributed by atoms with E-state index >= 15 is 0 Å². The predicted octanol–water partition coefficient (Wildman–Crippen LogP) is 2.17. The van der Waals surface area contributed by atoms with Gasteiger partial charge >= 0.3 is 0 Å². The zero-order chi connectivity index (χ0) is 17.4. The highest BCUT2D eigenvalue weighted by atomic mass is 16.2. The Bertz CT molecular complexity index is 766. The second kappa shape index (κ2) is 6.22. The Morgan fingerprint density at radius 2 is 1.96 bits per heavy atom. The van der Waals surface area contributed by atoms with E-state index in [4.69, 9.17) is 0 Å². The van der Waals surface area contributed by atoms with E-state index in [1.54, 1.807) is 9.58 Å². The molecule has 3 rings (SSSR count). The van der Waals surface area contributed by atoms with Gasteiger partial charge in [-0.05, 0) is 20.3 Å². The van der Waals surface area contributed by atoms with E-state index in [-0.39, 0.29) is 17.9 Å². The molecule has 1 saturated heterocycles. The molecule has 0 saturated carbocycles. The fraction of sp³-hybridized carbons (Fsp3) is 0.529. The van der Waals surface area contributed by atoms with Crippen molar-refractivity contribution >= 4 is 17.5 Å². The van der Waals surface area contributed by atoms with Crippen molar-refractivity contribution in [3.63, 3.8) is 0 Å². The molecule has 7 heteroatoms. The first-order valence-electron chi connectivity index (χ1n) is 8.29. The van der Waals surface area contributed by atoms with E-state index in [0.717, 1.165) is 29.5 Å². The Morgan fingerprint density at radius 3 is 2.58 bits per heavy atom. The van der Waals surface area contributed by atoms with E-state index in [9.17, 15) is 4.79 Å². The molecular formula is C17H24N6O. The molecule has 1 fully saturated rings. The van der Waals surface area contributed by atoms with Crippen LogP contribution in [0.3, 0.4) is 0 Å². The van der Waals surface area contributed by atoms with Gasteiger partial charge in [-0.3, -0.25) is 14.4 Å². The van der Waals surface area contributed by atoms with Gasteiger partial charge in [-0.25, -0.2) is 9.97 Å². The van der Waals surface area contributed by atoms with Crippen molar-refractivity contribution < 1.29 is 4.79 Å². The standard InChI is InChI=1S/C17H24N6O/c1-10(2)16-18-11(3)8-14(20-16)19-13-6-7-23(17(13)24)15-9-12(4)21-22(15)5/h8-10,13H,6-7H2,1-5H3,(H,18,19,20). The van der Waals surface area contributed by atoms with Gasteiger partial charge in [-0.2, -0.15) is 5.10 Å². The minimum absolute atomic E-state index is 0.0559. The lowest BCUT2D eigenvalue weighted by molar-refractivity contribution is -0.117. The molecular weight excluding hydrogens is 304 g/mol. The largest absolute Gasteiger partial charge is 0.358 e. The van der Waals surface area contributed by atoms with Crippen LogP contribution in [0.25, 0.3) is 0 Å². The van der Waals surface area contributed by atoms with E-state index in [2.05, 4.69) is 34.2 Å². The third kappa shape index (κ3) is 3.11. The topological polar surface area (TPSA) is 75.9 Å². The molecule has 1 N–H and O–H groups in total. The quantitative estimate of drug-likeness (QED) is 0.931. The van der Waals surface area contributed by atoms with Crippen LogP contribution in [-0.4, -0.2) is 38.2 Å². The van der Waals surface area contributed by atoms with E-state index in [1.165, 1.54) is 0 Å². The van der Waals surface area contributed by atoms with Crippen molar-refractivity contribution in [3.05, 3.63) is 29.3 Å². The van der Waals surface area contributed by atoms with Crippen LogP contribution in [0.2, 0.25) is 0 Å². The minimum Gasteiger partial charge on any atom is -0.358 e. The Hall–Kier alpha value is -2.44. The molecule has 0 bridgehead atoms. The molecule has 1 atom stereocenters. The molecule has 1 amide bonds. The number of nitrogens with zero attached hydrogens (tertiary/aromatic N) is 5. The third-order valence-electron chi connectivity index (χ3n) is 4.17. The first-order valence-corrected chi connectivity index (χ1v) is 8.29. The molecule has 2 aromatic heterocycles. The van der Waals surface area contributed by atoms with Crippen molar-refractivity contribution in [1.82, 2.24) is 19.7 Å². The maximum absolute atomic E-state index is 12.8. The number of nitrogens with one attached hydrogen (secondary N) is 1. The molecule has 0 aromatic carbocycles. The van der Waals surface area contributed by atoms with Crippen molar-refractivity contribution in [2.75, 3.05) is 16.8 Å². The second-order valence-corrected chi connectivity index (χ2v) is 6.65. The average molecular weight is 328 g/mol. The highest BCUT2D eigenvalue weighted by molar-refractivity contribution is 6.00. The van der Waals surface area contributed by atoms with Crippen LogP contribution in [-0.2, 0) is 11.8 Å². The minimum atomic E-state index is -0.269. The summed E-state index contributed by atoms with van der Waals surface area (Å²) in [4.78, 5) is 23.5. The van der Waals surface area contributed by atoms with Crippen LogP contribution in [0.1, 0.15) is 43.4 Å². The molecule has 0 spiro atoms. The number of amides is 1. The number of hydrogen-bond acceptors (Lipinski definition) is 5. The zero-order valence-corrected chi connectivity index (χ0v) is 14.9. The summed E-state index contributed by atoms with van der Waals surface area (Å²) in [5.74, 6) is 2.65. The molecule has 1 unspecified atom stereocenters. The molecule has 7 nitrogen and oxygen atoms in total. The van der Waals surface area contributed by atoms with Crippen molar-refractivity contribution in [2.45, 2.75) is 46.1 Å². The third-order valence-corrected chi connectivity index (χ3v) is 4.17. The van der Waals surface area contributed by atoms with Crippen LogP contribution in [0, 0.1) is 13.8 Å². The predicted molar refractivity (Wildman–Crippen MR) is 93.2 cm³/mol. The lowest BCUT2D eigenvalue weighted by atomic mass is 10.2. The highest BCUT2D eigenvalue weighted by Gasteiger charge is 2.34. The van der Waals surface area contributed by atoms with Gasteiger partial charge in [-0.15, -0.1) is 0 Å². The summed E-state index contributed by atoms with van der Waals surface area (Å²) in [6.07, 6.45) is 0.739. The number of aromatic nitrogens is 4. The van der Waals surface area contributed by atoms with Crippen molar-refractivity contribution in [3.8, 4) is 0 Å². The summed E-state index contributed by atoms with van der Waals surface area (Å²) in [5.41, 5.74) is 1.81. The summed E-state index contributed by atoms with van der Waals surface area (Å²) < 4.78 is 1.75. The zero-order valence-electron chi connectivity index (χ0n) is 14.9.